The van der Waals surface area contributed by atoms with Crippen LogP contribution >= 0.6 is 0 Å². The summed E-state index contributed by atoms with van der Waals surface area (Å²) < 4.78 is 2.34. The molecule has 1 saturated carbocycles. The van der Waals surface area contributed by atoms with Crippen LogP contribution in [0.2, 0.25) is 0 Å². The van der Waals surface area contributed by atoms with E-state index >= 15 is 0 Å². The van der Waals surface area contributed by atoms with Gasteiger partial charge >= 0.3 is 0 Å². The van der Waals surface area contributed by atoms with Crippen molar-refractivity contribution in [2.24, 2.45) is 4.99 Å². The summed E-state index contributed by atoms with van der Waals surface area (Å²) in [4.78, 5) is 20.5. The minimum absolute atomic E-state index is 0.481. The van der Waals surface area contributed by atoms with Crippen LogP contribution in [0.4, 0.5) is 17.5 Å². The molecule has 5 rings (SSSR count). The Balaban J connectivity index is 1.41. The predicted octanol–water partition coefficient (Wildman–Crippen LogP) is 3.14. The van der Waals surface area contributed by atoms with Gasteiger partial charge in [0.25, 0.3) is 0 Å². The number of pyridine rings is 1. The molecule has 0 spiro atoms. The summed E-state index contributed by atoms with van der Waals surface area (Å²) in [6, 6.07) is 6.71. The van der Waals surface area contributed by atoms with Gasteiger partial charge in [0, 0.05) is 57.1 Å². The van der Waals surface area contributed by atoms with Crippen molar-refractivity contribution in [1.82, 2.24) is 24.8 Å². The fraction of sp³-hybridized carbons (Fsp3) is 0.455. The lowest BCUT2D eigenvalue weighted by molar-refractivity contribution is 0.530. The first-order valence-corrected chi connectivity index (χ1v) is 10.8. The van der Waals surface area contributed by atoms with Crippen LogP contribution in [-0.2, 0) is 0 Å². The lowest BCUT2D eigenvalue weighted by atomic mass is 10.2. The molecule has 3 aromatic heterocycles. The van der Waals surface area contributed by atoms with Gasteiger partial charge in [0.05, 0.1) is 17.6 Å². The van der Waals surface area contributed by atoms with Crippen molar-refractivity contribution in [2.45, 2.75) is 31.7 Å². The van der Waals surface area contributed by atoms with Crippen molar-refractivity contribution < 1.29 is 0 Å². The molecule has 2 aliphatic rings. The van der Waals surface area contributed by atoms with Crippen molar-refractivity contribution in [3.05, 3.63) is 36.3 Å². The zero-order valence-electron chi connectivity index (χ0n) is 17.4. The molecule has 2 N–H and O–H groups in total. The standard InChI is InChI=1S/C22H28N8/c1-23-14-19-12-16-13-26-22(28-21(16)30(19)17-4-2-3-5-17)27-20-7-6-18(15-25-20)29-10-8-24-9-11-29/h6-7,12-15,17,24H,2-5,8-11H2,1H3,(H,25,26,27,28). The van der Waals surface area contributed by atoms with E-state index in [1.165, 1.54) is 25.7 Å². The second-order valence-corrected chi connectivity index (χ2v) is 8.00. The molecule has 30 heavy (non-hydrogen) atoms. The van der Waals surface area contributed by atoms with Gasteiger partial charge in [0.2, 0.25) is 5.95 Å². The van der Waals surface area contributed by atoms with Gasteiger partial charge in [-0.15, -0.1) is 0 Å². The zero-order valence-corrected chi connectivity index (χ0v) is 17.4. The number of hydrogen-bond donors (Lipinski definition) is 2. The van der Waals surface area contributed by atoms with Gasteiger partial charge in [-0.1, -0.05) is 12.8 Å². The van der Waals surface area contributed by atoms with Gasteiger partial charge in [0.1, 0.15) is 11.5 Å². The van der Waals surface area contributed by atoms with E-state index in [-0.39, 0.29) is 0 Å². The Bertz CT molecular complexity index is 1030. The largest absolute Gasteiger partial charge is 0.368 e. The van der Waals surface area contributed by atoms with Crippen LogP contribution < -0.4 is 15.5 Å². The van der Waals surface area contributed by atoms with Crippen molar-refractivity contribution in [1.29, 1.82) is 0 Å². The van der Waals surface area contributed by atoms with E-state index in [0.717, 1.165) is 54.4 Å². The highest BCUT2D eigenvalue weighted by Crippen LogP contribution is 2.34. The first kappa shape index (κ1) is 19.0. The molecule has 0 bridgehead atoms. The van der Waals surface area contributed by atoms with Crippen LogP contribution in [0.25, 0.3) is 11.0 Å². The first-order chi connectivity index (χ1) is 14.8. The Hall–Kier alpha value is -3.00. The van der Waals surface area contributed by atoms with Gasteiger partial charge in [-0.2, -0.15) is 4.98 Å². The van der Waals surface area contributed by atoms with Crippen LogP contribution in [0, 0.1) is 0 Å². The number of nitrogens with zero attached hydrogens (tertiary/aromatic N) is 6. The van der Waals surface area contributed by atoms with E-state index in [1.54, 1.807) is 0 Å². The van der Waals surface area contributed by atoms with Crippen LogP contribution in [0.5, 0.6) is 0 Å². The van der Waals surface area contributed by atoms with Crippen LogP contribution in [0.15, 0.2) is 35.6 Å². The Kier molecular flexibility index (Phi) is 5.31. The maximum atomic E-state index is 4.85. The van der Waals surface area contributed by atoms with E-state index in [2.05, 4.69) is 47.2 Å². The molecule has 1 saturated heterocycles. The van der Waals surface area contributed by atoms with Gasteiger partial charge in [-0.3, -0.25) is 4.99 Å². The van der Waals surface area contributed by atoms with E-state index in [4.69, 9.17) is 4.98 Å². The lowest BCUT2D eigenvalue weighted by Crippen LogP contribution is -2.43. The topological polar surface area (TPSA) is 83.3 Å². The summed E-state index contributed by atoms with van der Waals surface area (Å²) in [5.74, 6) is 1.32. The molecule has 0 radical (unpaired) electrons. The highest BCUT2D eigenvalue weighted by Gasteiger charge is 2.22. The quantitative estimate of drug-likeness (QED) is 0.636. The zero-order chi connectivity index (χ0) is 20.3. The fourth-order valence-electron chi connectivity index (χ4n) is 4.55. The molecular weight excluding hydrogens is 376 g/mol. The van der Waals surface area contributed by atoms with Gasteiger partial charge in [-0.05, 0) is 31.0 Å². The first-order valence-electron chi connectivity index (χ1n) is 10.8. The molecule has 0 aromatic carbocycles. The number of aromatic nitrogens is 4. The fourth-order valence-corrected chi connectivity index (χ4v) is 4.55. The van der Waals surface area contributed by atoms with Gasteiger partial charge in [0.15, 0.2) is 0 Å². The number of piperazine rings is 1. The Morgan fingerprint density at radius 3 is 2.70 bits per heavy atom. The Morgan fingerprint density at radius 2 is 1.97 bits per heavy atom. The SMILES string of the molecule is CN=Cc1cc2cnc(Nc3ccc(N4CCNCC4)cn3)nc2n1C1CCCC1. The summed E-state index contributed by atoms with van der Waals surface area (Å²) in [5, 5.41) is 7.70. The Labute approximate surface area is 176 Å². The van der Waals surface area contributed by atoms with E-state index in [9.17, 15) is 0 Å². The van der Waals surface area contributed by atoms with E-state index in [1.807, 2.05) is 31.7 Å². The molecule has 1 aliphatic heterocycles. The van der Waals surface area contributed by atoms with E-state index in [0.29, 0.717) is 12.0 Å². The number of fused-ring (bicyclic) bond motifs is 1. The summed E-state index contributed by atoms with van der Waals surface area (Å²) in [7, 11) is 1.81. The third kappa shape index (κ3) is 3.75. The predicted molar refractivity (Wildman–Crippen MR) is 121 cm³/mol. The second kappa shape index (κ2) is 8.39. The van der Waals surface area contributed by atoms with Crippen LogP contribution in [0.1, 0.15) is 37.4 Å². The monoisotopic (exact) mass is 404 g/mol. The van der Waals surface area contributed by atoms with Crippen LogP contribution in [0.3, 0.4) is 0 Å². The molecular formula is C22H28N8. The highest BCUT2D eigenvalue weighted by atomic mass is 15.2. The van der Waals surface area contributed by atoms with Crippen molar-refractivity contribution in [3.8, 4) is 0 Å². The van der Waals surface area contributed by atoms with Gasteiger partial charge in [-0.25, -0.2) is 9.97 Å². The molecule has 3 aromatic rings. The number of hydrogen-bond acceptors (Lipinski definition) is 7. The molecule has 2 fully saturated rings. The molecule has 0 amide bonds. The maximum Gasteiger partial charge on any atom is 0.230 e. The van der Waals surface area contributed by atoms with Crippen LogP contribution in [-0.4, -0.2) is 59.0 Å². The molecule has 0 unspecified atom stereocenters. The number of aliphatic imine (C=N–C) groups is 1. The average molecular weight is 405 g/mol. The summed E-state index contributed by atoms with van der Waals surface area (Å²) in [5.41, 5.74) is 3.22. The van der Waals surface area contributed by atoms with Crippen molar-refractivity contribution in [3.63, 3.8) is 0 Å². The molecule has 1 aliphatic carbocycles. The van der Waals surface area contributed by atoms with Crippen molar-refractivity contribution in [2.75, 3.05) is 43.4 Å². The minimum Gasteiger partial charge on any atom is -0.368 e. The lowest BCUT2D eigenvalue weighted by Gasteiger charge is -2.29. The summed E-state index contributed by atoms with van der Waals surface area (Å²) >= 11 is 0. The molecule has 8 heteroatoms. The third-order valence-electron chi connectivity index (χ3n) is 6.03. The highest BCUT2D eigenvalue weighted by molar-refractivity contribution is 5.89. The van der Waals surface area contributed by atoms with E-state index < -0.39 is 0 Å². The molecule has 4 heterocycles. The normalized spacial score (nSPS) is 18.0. The average Bonchev–Trinajstić information content (AvgIpc) is 3.42. The number of rotatable bonds is 5. The summed E-state index contributed by atoms with van der Waals surface area (Å²) in [6.45, 7) is 4.05. The van der Waals surface area contributed by atoms with Crippen molar-refractivity contribution >= 4 is 34.7 Å². The van der Waals surface area contributed by atoms with Gasteiger partial charge < -0.3 is 20.1 Å². The molecule has 156 valence electrons. The number of nitrogens with one attached hydrogen (secondary N) is 2. The second-order valence-electron chi connectivity index (χ2n) is 8.00. The maximum absolute atomic E-state index is 4.85. The molecule has 0 atom stereocenters. The third-order valence-corrected chi connectivity index (χ3v) is 6.03. The summed E-state index contributed by atoms with van der Waals surface area (Å²) in [6.07, 6.45) is 10.6. The molecule has 8 nitrogen and oxygen atoms in total. The minimum atomic E-state index is 0.481. The Morgan fingerprint density at radius 1 is 1.13 bits per heavy atom. The smallest absolute Gasteiger partial charge is 0.230 e. The number of anilines is 3.